The first kappa shape index (κ1) is 16.8. The SMILES string of the molecule is CCCCCCCCCCOC(=O)C(C)(O)S. The number of ether oxygens (including phenoxy) is 1. The van der Waals surface area contributed by atoms with Crippen LogP contribution >= 0.6 is 12.6 Å². The Hall–Kier alpha value is -0.220. The predicted molar refractivity (Wildman–Crippen MR) is 73.2 cm³/mol. The summed E-state index contributed by atoms with van der Waals surface area (Å²) in [4.78, 5) is 9.46. The zero-order valence-electron chi connectivity index (χ0n) is 11.1. The van der Waals surface area contributed by atoms with Gasteiger partial charge in [0, 0.05) is 0 Å². The Morgan fingerprint density at radius 3 is 2.06 bits per heavy atom. The first-order valence-corrected chi connectivity index (χ1v) is 7.05. The molecule has 1 N–H and O–H groups in total. The third kappa shape index (κ3) is 10.6. The van der Waals surface area contributed by atoms with Crippen LogP contribution in [-0.4, -0.2) is 22.6 Å². The van der Waals surface area contributed by atoms with E-state index in [4.69, 9.17) is 4.74 Å². The summed E-state index contributed by atoms with van der Waals surface area (Å²) in [5, 5.41) is 9.20. The lowest BCUT2D eigenvalue weighted by Gasteiger charge is -2.14. The Bertz CT molecular complexity index is 199. The molecule has 0 fully saturated rings. The van der Waals surface area contributed by atoms with E-state index in [-0.39, 0.29) is 0 Å². The van der Waals surface area contributed by atoms with Crippen LogP contribution < -0.4 is 0 Å². The van der Waals surface area contributed by atoms with Gasteiger partial charge in [0.15, 0.2) is 0 Å². The van der Waals surface area contributed by atoms with E-state index in [0.29, 0.717) is 6.61 Å². The molecule has 102 valence electrons. The average Bonchev–Trinajstić information content (AvgIpc) is 2.25. The molecule has 0 aliphatic heterocycles. The highest BCUT2D eigenvalue weighted by Crippen LogP contribution is 2.12. The minimum absolute atomic E-state index is 0.379. The summed E-state index contributed by atoms with van der Waals surface area (Å²) < 4.78 is 4.89. The number of carbonyl (C=O) groups excluding carboxylic acids is 1. The zero-order chi connectivity index (χ0) is 13.1. The summed E-state index contributed by atoms with van der Waals surface area (Å²) in [7, 11) is 0. The van der Waals surface area contributed by atoms with E-state index in [0.717, 1.165) is 12.8 Å². The van der Waals surface area contributed by atoms with E-state index < -0.39 is 10.9 Å². The number of thiol groups is 1. The Morgan fingerprint density at radius 2 is 1.59 bits per heavy atom. The van der Waals surface area contributed by atoms with Crippen LogP contribution in [0.4, 0.5) is 0 Å². The molecule has 0 aromatic rings. The molecule has 0 amide bonds. The van der Waals surface area contributed by atoms with Gasteiger partial charge in [-0.05, 0) is 13.3 Å². The fourth-order valence-corrected chi connectivity index (χ4v) is 1.60. The first-order valence-electron chi connectivity index (χ1n) is 6.60. The van der Waals surface area contributed by atoms with Gasteiger partial charge in [0.05, 0.1) is 6.61 Å². The second-order valence-electron chi connectivity index (χ2n) is 4.63. The normalized spacial score (nSPS) is 14.4. The number of carbonyl (C=O) groups is 1. The maximum atomic E-state index is 11.1. The van der Waals surface area contributed by atoms with Gasteiger partial charge in [-0.25, -0.2) is 4.79 Å². The van der Waals surface area contributed by atoms with Crippen LogP contribution in [0.1, 0.15) is 65.2 Å². The molecule has 0 rings (SSSR count). The highest BCUT2D eigenvalue weighted by molar-refractivity contribution is 7.82. The molecule has 17 heavy (non-hydrogen) atoms. The number of esters is 1. The highest BCUT2D eigenvalue weighted by Gasteiger charge is 2.26. The van der Waals surface area contributed by atoms with Crippen LogP contribution in [0, 0.1) is 0 Å². The first-order chi connectivity index (χ1) is 7.98. The van der Waals surface area contributed by atoms with Gasteiger partial charge in [0.25, 0.3) is 0 Å². The molecular formula is C13H26O3S. The minimum Gasteiger partial charge on any atom is -0.463 e. The molecule has 0 aliphatic rings. The molecule has 0 aliphatic carbocycles. The Balaban J connectivity index is 3.22. The molecular weight excluding hydrogens is 236 g/mol. The number of hydrogen-bond acceptors (Lipinski definition) is 4. The standard InChI is InChI=1S/C13H26O3S/c1-3-4-5-6-7-8-9-10-11-16-12(14)13(2,15)17/h15,17H,3-11H2,1-2H3. The lowest BCUT2D eigenvalue weighted by atomic mass is 10.1. The van der Waals surface area contributed by atoms with Crippen molar-refractivity contribution in [1.29, 1.82) is 0 Å². The van der Waals surface area contributed by atoms with Crippen molar-refractivity contribution in [3.05, 3.63) is 0 Å². The summed E-state index contributed by atoms with van der Waals surface area (Å²) >= 11 is 3.72. The van der Waals surface area contributed by atoms with Crippen molar-refractivity contribution in [3.63, 3.8) is 0 Å². The number of aliphatic hydroxyl groups is 1. The van der Waals surface area contributed by atoms with Crippen LogP contribution in [0.5, 0.6) is 0 Å². The van der Waals surface area contributed by atoms with Gasteiger partial charge in [-0.15, -0.1) is 12.6 Å². The monoisotopic (exact) mass is 262 g/mol. The van der Waals surface area contributed by atoms with Crippen LogP contribution in [0.15, 0.2) is 0 Å². The van der Waals surface area contributed by atoms with Crippen molar-refractivity contribution in [3.8, 4) is 0 Å². The molecule has 1 unspecified atom stereocenters. The molecule has 0 aromatic carbocycles. The fraction of sp³-hybridized carbons (Fsp3) is 0.923. The predicted octanol–water partition coefficient (Wildman–Crippen LogP) is 3.31. The molecule has 0 bridgehead atoms. The second-order valence-corrected chi connectivity index (χ2v) is 5.50. The molecule has 0 radical (unpaired) electrons. The number of hydrogen-bond donors (Lipinski definition) is 2. The van der Waals surface area contributed by atoms with E-state index in [2.05, 4.69) is 19.6 Å². The van der Waals surface area contributed by atoms with E-state index in [1.165, 1.54) is 45.4 Å². The zero-order valence-corrected chi connectivity index (χ0v) is 12.0. The number of rotatable bonds is 10. The summed E-state index contributed by atoms with van der Waals surface area (Å²) in [6.45, 7) is 3.90. The van der Waals surface area contributed by atoms with Crippen molar-refractivity contribution in [2.24, 2.45) is 0 Å². The fourth-order valence-electron chi connectivity index (χ4n) is 1.54. The molecule has 0 heterocycles. The van der Waals surface area contributed by atoms with Gasteiger partial charge < -0.3 is 9.84 Å². The largest absolute Gasteiger partial charge is 0.463 e. The van der Waals surface area contributed by atoms with E-state index >= 15 is 0 Å². The van der Waals surface area contributed by atoms with Crippen molar-refractivity contribution in [2.75, 3.05) is 6.61 Å². The topological polar surface area (TPSA) is 46.5 Å². The molecule has 0 spiro atoms. The summed E-state index contributed by atoms with van der Waals surface area (Å²) in [5.74, 6) is -0.663. The van der Waals surface area contributed by atoms with Crippen molar-refractivity contribution < 1.29 is 14.6 Å². The second kappa shape index (κ2) is 9.77. The Morgan fingerprint density at radius 1 is 1.12 bits per heavy atom. The third-order valence-electron chi connectivity index (χ3n) is 2.62. The molecule has 0 aromatic heterocycles. The summed E-state index contributed by atoms with van der Waals surface area (Å²) in [5.41, 5.74) is 0. The van der Waals surface area contributed by atoms with Crippen LogP contribution in [0.3, 0.4) is 0 Å². The lowest BCUT2D eigenvalue weighted by Crippen LogP contribution is -2.30. The Labute approximate surface area is 110 Å². The lowest BCUT2D eigenvalue weighted by molar-refractivity contribution is -0.155. The molecule has 4 heteroatoms. The van der Waals surface area contributed by atoms with E-state index in [9.17, 15) is 9.90 Å². The maximum absolute atomic E-state index is 11.1. The van der Waals surface area contributed by atoms with Gasteiger partial charge in [0.1, 0.15) is 0 Å². The van der Waals surface area contributed by atoms with Crippen molar-refractivity contribution in [2.45, 2.75) is 70.1 Å². The third-order valence-corrected chi connectivity index (χ3v) is 2.80. The summed E-state index contributed by atoms with van der Waals surface area (Å²) in [6.07, 6.45) is 9.63. The van der Waals surface area contributed by atoms with Gasteiger partial charge in [-0.2, -0.15) is 0 Å². The van der Waals surface area contributed by atoms with Crippen molar-refractivity contribution >= 4 is 18.6 Å². The van der Waals surface area contributed by atoms with Crippen LogP contribution in [-0.2, 0) is 9.53 Å². The number of unbranched alkanes of at least 4 members (excludes halogenated alkanes) is 7. The van der Waals surface area contributed by atoms with Gasteiger partial charge in [-0.3, -0.25) is 0 Å². The molecule has 0 saturated carbocycles. The molecule has 0 saturated heterocycles. The van der Waals surface area contributed by atoms with Gasteiger partial charge in [0.2, 0.25) is 4.93 Å². The van der Waals surface area contributed by atoms with Gasteiger partial charge >= 0.3 is 5.97 Å². The van der Waals surface area contributed by atoms with Crippen LogP contribution in [0.2, 0.25) is 0 Å². The Kier molecular flexibility index (Phi) is 9.65. The van der Waals surface area contributed by atoms with Crippen molar-refractivity contribution in [1.82, 2.24) is 0 Å². The van der Waals surface area contributed by atoms with Gasteiger partial charge in [-0.1, -0.05) is 51.9 Å². The quantitative estimate of drug-likeness (QED) is 0.275. The molecule has 3 nitrogen and oxygen atoms in total. The van der Waals surface area contributed by atoms with Crippen LogP contribution in [0.25, 0.3) is 0 Å². The smallest absolute Gasteiger partial charge is 0.348 e. The van der Waals surface area contributed by atoms with E-state index in [1.54, 1.807) is 0 Å². The highest BCUT2D eigenvalue weighted by atomic mass is 32.1. The van der Waals surface area contributed by atoms with E-state index in [1.807, 2.05) is 0 Å². The average molecular weight is 262 g/mol. The maximum Gasteiger partial charge on any atom is 0.348 e. The minimum atomic E-state index is -1.67. The molecule has 1 atom stereocenters. The summed E-state index contributed by atoms with van der Waals surface area (Å²) in [6, 6.07) is 0.